The zero-order chi connectivity index (χ0) is 36.6. The van der Waals surface area contributed by atoms with Crippen molar-refractivity contribution in [2.24, 2.45) is 0 Å². The van der Waals surface area contributed by atoms with Gasteiger partial charge in [-0.2, -0.15) is 0 Å². The number of hydrogen-bond acceptors (Lipinski definition) is 0. The molecule has 0 radical (unpaired) electrons. The summed E-state index contributed by atoms with van der Waals surface area (Å²) in [6.07, 6.45) is 0. The molecular weight excluding hydrogens is 673 g/mol. The third kappa shape index (κ3) is 3.48. The Morgan fingerprint density at radius 1 is 0.214 bits per heavy atom. The Morgan fingerprint density at radius 2 is 0.554 bits per heavy atom. The first kappa shape index (κ1) is 30.3. The number of fused-ring (bicyclic) bond motifs is 22. The van der Waals surface area contributed by atoms with Gasteiger partial charge in [0.05, 0.1) is 10.8 Å². The molecule has 0 bridgehead atoms. The van der Waals surface area contributed by atoms with Crippen molar-refractivity contribution in [1.29, 1.82) is 0 Å². The van der Waals surface area contributed by atoms with E-state index in [-0.39, 0.29) is 0 Å². The Balaban J connectivity index is 1.24. The lowest BCUT2D eigenvalue weighted by Crippen LogP contribution is -2.44. The molecule has 0 fully saturated rings. The smallest absolute Gasteiger partial charge is 0.0619 e. The van der Waals surface area contributed by atoms with Gasteiger partial charge in [0, 0.05) is 0 Å². The van der Waals surface area contributed by atoms with Gasteiger partial charge in [0.1, 0.15) is 0 Å². The van der Waals surface area contributed by atoms with Gasteiger partial charge >= 0.3 is 0 Å². The SMILES string of the molecule is c1ccc2c(c1)-c1ccccc1C21c2ccccc2C2(c3ccccc3-c3ccccc32)c2c(-c3ccc4c5ccccc5c5ccccc5c4c3)cccc21. The van der Waals surface area contributed by atoms with Gasteiger partial charge in [-0.15, -0.1) is 0 Å². The maximum atomic E-state index is 2.49. The van der Waals surface area contributed by atoms with Crippen LogP contribution in [0.1, 0.15) is 44.5 Å². The third-order valence-electron chi connectivity index (χ3n) is 13.5. The van der Waals surface area contributed by atoms with E-state index in [4.69, 9.17) is 0 Å². The lowest BCUT2D eigenvalue weighted by atomic mass is 9.51. The van der Waals surface area contributed by atoms with Crippen molar-refractivity contribution >= 4 is 32.3 Å². The molecule has 0 atom stereocenters. The van der Waals surface area contributed by atoms with Crippen LogP contribution in [0.3, 0.4) is 0 Å². The minimum Gasteiger partial charge on any atom is -0.0619 e. The van der Waals surface area contributed by atoms with Crippen molar-refractivity contribution < 1.29 is 0 Å². The Kier molecular flexibility index (Phi) is 5.85. The van der Waals surface area contributed by atoms with Crippen LogP contribution in [0.25, 0.3) is 65.7 Å². The number of hydrogen-bond donors (Lipinski definition) is 0. The van der Waals surface area contributed by atoms with Gasteiger partial charge < -0.3 is 0 Å². The second-order valence-corrected chi connectivity index (χ2v) is 15.8. The van der Waals surface area contributed by atoms with Gasteiger partial charge in [0.2, 0.25) is 0 Å². The van der Waals surface area contributed by atoms with Gasteiger partial charge in [0.25, 0.3) is 0 Å². The first-order valence-electron chi connectivity index (χ1n) is 19.8. The number of rotatable bonds is 1. The van der Waals surface area contributed by atoms with Crippen LogP contribution >= 0.6 is 0 Å². The molecule has 3 aliphatic rings. The van der Waals surface area contributed by atoms with Crippen LogP contribution < -0.4 is 0 Å². The van der Waals surface area contributed by atoms with Crippen LogP contribution in [-0.4, -0.2) is 0 Å². The highest BCUT2D eigenvalue weighted by Gasteiger charge is 2.59. The van der Waals surface area contributed by atoms with Crippen molar-refractivity contribution in [3.63, 3.8) is 0 Å². The predicted molar refractivity (Wildman–Crippen MR) is 233 cm³/mol. The van der Waals surface area contributed by atoms with E-state index in [0.717, 1.165) is 0 Å². The van der Waals surface area contributed by atoms with Crippen molar-refractivity contribution in [2.45, 2.75) is 10.8 Å². The first-order valence-corrected chi connectivity index (χ1v) is 19.8. The van der Waals surface area contributed by atoms with Crippen LogP contribution in [0.15, 0.2) is 206 Å². The Hall–Kier alpha value is -7.02. The Bertz CT molecular complexity index is 3200. The molecule has 0 amide bonds. The van der Waals surface area contributed by atoms with Gasteiger partial charge in [-0.1, -0.05) is 200 Å². The second kappa shape index (κ2) is 10.8. The average molecular weight is 707 g/mol. The van der Waals surface area contributed by atoms with E-state index in [1.54, 1.807) is 0 Å². The van der Waals surface area contributed by atoms with E-state index in [0.29, 0.717) is 0 Å². The van der Waals surface area contributed by atoms with Crippen molar-refractivity contribution in [3.8, 4) is 33.4 Å². The van der Waals surface area contributed by atoms with Gasteiger partial charge in [-0.25, -0.2) is 0 Å². The van der Waals surface area contributed by atoms with Crippen LogP contribution in [0, 0.1) is 0 Å². The summed E-state index contributed by atoms with van der Waals surface area (Å²) in [5.41, 5.74) is 17.6. The summed E-state index contributed by atoms with van der Waals surface area (Å²) in [5.74, 6) is 0. The molecule has 56 heavy (non-hydrogen) atoms. The molecule has 0 saturated carbocycles. The monoisotopic (exact) mass is 706 g/mol. The molecule has 0 heterocycles. The highest BCUT2D eigenvalue weighted by atomic mass is 14.6. The van der Waals surface area contributed by atoms with E-state index >= 15 is 0 Å². The summed E-state index contributed by atoms with van der Waals surface area (Å²) < 4.78 is 0. The van der Waals surface area contributed by atoms with E-state index in [9.17, 15) is 0 Å². The molecule has 2 spiro atoms. The van der Waals surface area contributed by atoms with Crippen LogP contribution in [0.2, 0.25) is 0 Å². The van der Waals surface area contributed by atoms with Crippen molar-refractivity contribution in [3.05, 3.63) is 251 Å². The van der Waals surface area contributed by atoms with Crippen LogP contribution in [-0.2, 0) is 10.8 Å². The predicted octanol–water partition coefficient (Wildman–Crippen LogP) is 13.9. The summed E-state index contributed by atoms with van der Waals surface area (Å²) in [7, 11) is 0. The summed E-state index contributed by atoms with van der Waals surface area (Å²) in [6, 6.07) is 78.4. The fourth-order valence-electron chi connectivity index (χ4n) is 11.6. The Labute approximate surface area is 326 Å². The molecule has 0 nitrogen and oxygen atoms in total. The molecule has 10 aromatic rings. The molecule has 0 unspecified atom stereocenters. The van der Waals surface area contributed by atoms with Crippen molar-refractivity contribution in [2.75, 3.05) is 0 Å². The molecule has 10 aromatic carbocycles. The van der Waals surface area contributed by atoms with E-state index in [1.807, 2.05) is 0 Å². The second-order valence-electron chi connectivity index (χ2n) is 15.8. The van der Waals surface area contributed by atoms with E-state index in [1.165, 1.54) is 110 Å². The molecule has 258 valence electrons. The lowest BCUT2D eigenvalue weighted by Gasteiger charge is -2.49. The molecule has 0 N–H and O–H groups in total. The van der Waals surface area contributed by atoms with E-state index in [2.05, 4.69) is 206 Å². The van der Waals surface area contributed by atoms with Gasteiger partial charge in [-0.3, -0.25) is 0 Å². The molecule has 0 aromatic heterocycles. The van der Waals surface area contributed by atoms with Crippen LogP contribution in [0.5, 0.6) is 0 Å². The normalized spacial score (nSPS) is 14.7. The maximum Gasteiger partial charge on any atom is 0.0725 e. The topological polar surface area (TPSA) is 0 Å². The Morgan fingerprint density at radius 3 is 1.05 bits per heavy atom. The minimum absolute atomic E-state index is 0.507. The summed E-state index contributed by atoms with van der Waals surface area (Å²) in [6.45, 7) is 0. The molecule has 0 heteroatoms. The first-order chi connectivity index (χ1) is 27.8. The molecule has 0 saturated heterocycles. The third-order valence-corrected chi connectivity index (χ3v) is 13.5. The maximum absolute atomic E-state index is 2.49. The highest BCUT2D eigenvalue weighted by molar-refractivity contribution is 6.25. The largest absolute Gasteiger partial charge is 0.0725 e. The fourth-order valence-corrected chi connectivity index (χ4v) is 11.6. The summed E-state index contributed by atoms with van der Waals surface area (Å²) in [5, 5.41) is 7.77. The number of benzene rings is 10. The zero-order valence-electron chi connectivity index (χ0n) is 30.6. The summed E-state index contributed by atoms with van der Waals surface area (Å²) >= 11 is 0. The van der Waals surface area contributed by atoms with Gasteiger partial charge in [-0.05, 0) is 116 Å². The standard InChI is InChI=1S/C56H34/c1-2-18-39-37(16-1)38-17-3-4-19-40(38)46-34-35(32-33-41(39)46)36-24-15-31-53-54(36)56(49-27-11-7-22-44(49)45-23-8-12-28-50(45)56)52-30-14-13-29-51(52)55(53)47-25-9-5-20-42(47)43-21-6-10-26-48(43)55/h1-34H. The molecule has 0 aliphatic heterocycles. The highest BCUT2D eigenvalue weighted by Crippen LogP contribution is 2.68. The molecule has 13 rings (SSSR count). The van der Waals surface area contributed by atoms with E-state index < -0.39 is 10.8 Å². The lowest BCUT2D eigenvalue weighted by molar-refractivity contribution is 0.634. The van der Waals surface area contributed by atoms with Crippen molar-refractivity contribution in [1.82, 2.24) is 0 Å². The average Bonchev–Trinajstić information content (AvgIpc) is 3.74. The van der Waals surface area contributed by atoms with Crippen LogP contribution in [0.4, 0.5) is 0 Å². The zero-order valence-corrected chi connectivity index (χ0v) is 30.6. The molecule has 3 aliphatic carbocycles. The fraction of sp³-hybridized carbons (Fsp3) is 0.0357. The minimum atomic E-state index is -0.548. The molecular formula is C56H34. The quantitative estimate of drug-likeness (QED) is 0.149. The summed E-state index contributed by atoms with van der Waals surface area (Å²) in [4.78, 5) is 0. The van der Waals surface area contributed by atoms with Gasteiger partial charge in [0.15, 0.2) is 0 Å².